The summed E-state index contributed by atoms with van der Waals surface area (Å²) < 4.78 is 0. The van der Waals surface area contributed by atoms with Crippen LogP contribution in [0.5, 0.6) is 0 Å². The Bertz CT molecular complexity index is 244. The van der Waals surface area contributed by atoms with Crippen LogP contribution < -0.4 is 0 Å². The van der Waals surface area contributed by atoms with Gasteiger partial charge in [0.2, 0.25) is 0 Å². The highest BCUT2D eigenvalue weighted by molar-refractivity contribution is 4.78. The third-order valence-electron chi connectivity index (χ3n) is 4.71. The van der Waals surface area contributed by atoms with Crippen molar-refractivity contribution in [1.29, 1.82) is 0 Å². The van der Waals surface area contributed by atoms with Gasteiger partial charge in [0.15, 0.2) is 0 Å². The van der Waals surface area contributed by atoms with Crippen LogP contribution in [-0.4, -0.2) is 42.1 Å². The van der Waals surface area contributed by atoms with E-state index in [2.05, 4.69) is 44.4 Å². The van der Waals surface area contributed by atoms with E-state index in [1.165, 1.54) is 64.7 Å². The summed E-state index contributed by atoms with van der Waals surface area (Å²) in [5, 5.41) is 0. The Morgan fingerprint density at radius 2 is 1.52 bits per heavy atom. The second-order valence-electron chi connectivity index (χ2n) is 7.62. The van der Waals surface area contributed by atoms with E-state index in [0.29, 0.717) is 6.17 Å². The largest absolute Gasteiger partial charge is 0.288 e. The maximum atomic E-state index is 4.27. The van der Waals surface area contributed by atoms with Gasteiger partial charge < -0.3 is 0 Å². The zero-order valence-corrected chi connectivity index (χ0v) is 15.1. The van der Waals surface area contributed by atoms with E-state index in [0.717, 1.165) is 18.3 Å². The third kappa shape index (κ3) is 7.65. The molecule has 1 rings (SSSR count). The molecule has 125 valence electrons. The molecule has 0 spiro atoms. The molecule has 0 bridgehead atoms. The van der Waals surface area contributed by atoms with Crippen molar-refractivity contribution < 1.29 is 0 Å². The second-order valence-corrected chi connectivity index (χ2v) is 7.62. The highest BCUT2D eigenvalue weighted by atomic mass is 15.3. The first-order valence-corrected chi connectivity index (χ1v) is 9.32. The molecule has 0 amide bonds. The number of rotatable bonds is 10. The molecule has 1 fully saturated rings. The molecular formula is C19H39N2. The smallest absolute Gasteiger partial charge is 0.0622 e. The summed E-state index contributed by atoms with van der Waals surface area (Å²) in [6, 6.07) is 0. The van der Waals surface area contributed by atoms with E-state index in [1.807, 2.05) is 0 Å². The summed E-state index contributed by atoms with van der Waals surface area (Å²) >= 11 is 0. The first-order chi connectivity index (χ1) is 10.0. The predicted molar refractivity (Wildman–Crippen MR) is 94.3 cm³/mol. The van der Waals surface area contributed by atoms with Crippen molar-refractivity contribution in [2.24, 2.45) is 11.8 Å². The minimum atomic E-state index is 0.580. The molecule has 1 radical (unpaired) electrons. The van der Waals surface area contributed by atoms with Crippen LogP contribution in [0, 0.1) is 18.8 Å². The summed E-state index contributed by atoms with van der Waals surface area (Å²) in [5.74, 6) is 1.62. The van der Waals surface area contributed by atoms with Gasteiger partial charge in [-0.25, -0.2) is 0 Å². The van der Waals surface area contributed by atoms with Crippen molar-refractivity contribution in [2.45, 2.75) is 78.8 Å². The summed E-state index contributed by atoms with van der Waals surface area (Å²) in [6.07, 6.45) is 9.77. The van der Waals surface area contributed by atoms with E-state index in [1.54, 1.807) is 0 Å². The molecule has 0 aliphatic carbocycles. The quantitative estimate of drug-likeness (QED) is 0.571. The van der Waals surface area contributed by atoms with Gasteiger partial charge in [-0.2, -0.15) is 0 Å². The Morgan fingerprint density at radius 3 is 2.05 bits per heavy atom. The highest BCUT2D eigenvalue weighted by Gasteiger charge is 2.24. The van der Waals surface area contributed by atoms with Gasteiger partial charge in [-0.1, -0.05) is 41.0 Å². The van der Waals surface area contributed by atoms with E-state index >= 15 is 0 Å². The lowest BCUT2D eigenvalue weighted by Crippen LogP contribution is -2.50. The molecule has 0 saturated carbocycles. The molecule has 0 aromatic heterocycles. The van der Waals surface area contributed by atoms with Crippen LogP contribution in [-0.2, 0) is 0 Å². The van der Waals surface area contributed by atoms with Gasteiger partial charge in [-0.3, -0.25) is 9.80 Å². The van der Waals surface area contributed by atoms with Gasteiger partial charge in [0.05, 0.1) is 6.17 Å². The van der Waals surface area contributed by atoms with Crippen molar-refractivity contribution in [2.75, 3.05) is 26.2 Å². The minimum absolute atomic E-state index is 0.580. The van der Waals surface area contributed by atoms with Crippen LogP contribution in [0.15, 0.2) is 0 Å². The molecular weight excluding hydrogens is 256 g/mol. The monoisotopic (exact) mass is 295 g/mol. The molecule has 1 atom stereocenters. The van der Waals surface area contributed by atoms with E-state index in [-0.39, 0.29) is 0 Å². The fraction of sp³-hybridized carbons (Fsp3) is 0.947. The van der Waals surface area contributed by atoms with Crippen LogP contribution in [0.3, 0.4) is 0 Å². The number of hydrogen-bond donors (Lipinski definition) is 0. The van der Waals surface area contributed by atoms with Gasteiger partial charge in [-0.05, 0) is 76.5 Å². The fourth-order valence-electron chi connectivity index (χ4n) is 3.35. The van der Waals surface area contributed by atoms with Crippen LogP contribution >= 0.6 is 0 Å². The molecule has 2 nitrogen and oxygen atoms in total. The summed E-state index contributed by atoms with van der Waals surface area (Å²) in [7, 11) is 0. The lowest BCUT2D eigenvalue weighted by molar-refractivity contribution is 0.0256. The van der Waals surface area contributed by atoms with E-state index in [9.17, 15) is 0 Å². The van der Waals surface area contributed by atoms with Gasteiger partial charge in [0.1, 0.15) is 0 Å². The number of hydrogen-bond acceptors (Lipinski definition) is 2. The van der Waals surface area contributed by atoms with Crippen molar-refractivity contribution in [1.82, 2.24) is 9.80 Å². The maximum absolute atomic E-state index is 4.27. The summed E-state index contributed by atoms with van der Waals surface area (Å²) in [5.41, 5.74) is 0. The standard InChI is InChI=1S/C19H39N2/c1-6-19(20-13-8-7-9-14-20)21(16-12-18(4)5)15-10-11-17(2)3/h17-19H,1,6-16H2,2-5H3. The van der Waals surface area contributed by atoms with Crippen LogP contribution in [0.25, 0.3) is 0 Å². The zero-order valence-electron chi connectivity index (χ0n) is 15.1. The van der Waals surface area contributed by atoms with Crippen molar-refractivity contribution in [3.05, 3.63) is 6.92 Å². The minimum Gasteiger partial charge on any atom is -0.288 e. The lowest BCUT2D eigenvalue weighted by atomic mass is 10.1. The van der Waals surface area contributed by atoms with Crippen LogP contribution in [0.1, 0.15) is 72.6 Å². The highest BCUT2D eigenvalue weighted by Crippen LogP contribution is 2.19. The molecule has 1 heterocycles. The number of likely N-dealkylation sites (tertiary alicyclic amines) is 1. The molecule has 2 heteroatoms. The number of nitrogens with zero attached hydrogens (tertiary/aromatic N) is 2. The van der Waals surface area contributed by atoms with Gasteiger partial charge in [-0.15, -0.1) is 0 Å². The van der Waals surface area contributed by atoms with E-state index in [4.69, 9.17) is 0 Å². The Labute approximate surface area is 134 Å². The third-order valence-corrected chi connectivity index (χ3v) is 4.71. The average molecular weight is 296 g/mol. The number of piperidine rings is 1. The second kappa shape index (κ2) is 10.6. The summed E-state index contributed by atoms with van der Waals surface area (Å²) in [6.45, 7) is 18.7. The average Bonchev–Trinajstić information content (AvgIpc) is 2.45. The summed E-state index contributed by atoms with van der Waals surface area (Å²) in [4.78, 5) is 5.44. The Kier molecular flexibility index (Phi) is 9.59. The first kappa shape index (κ1) is 19.0. The predicted octanol–water partition coefficient (Wildman–Crippen LogP) is 4.81. The Hall–Kier alpha value is -0.0800. The van der Waals surface area contributed by atoms with Crippen molar-refractivity contribution in [3.63, 3.8) is 0 Å². The Balaban J connectivity index is 2.56. The van der Waals surface area contributed by atoms with Crippen molar-refractivity contribution >= 4 is 0 Å². The molecule has 1 unspecified atom stereocenters. The van der Waals surface area contributed by atoms with Gasteiger partial charge in [0.25, 0.3) is 0 Å². The van der Waals surface area contributed by atoms with Gasteiger partial charge in [0, 0.05) is 0 Å². The Morgan fingerprint density at radius 1 is 0.905 bits per heavy atom. The van der Waals surface area contributed by atoms with E-state index < -0.39 is 0 Å². The maximum Gasteiger partial charge on any atom is 0.0622 e. The fourth-order valence-corrected chi connectivity index (χ4v) is 3.35. The normalized spacial score (nSPS) is 18.9. The molecule has 0 aromatic rings. The zero-order chi connectivity index (χ0) is 15.7. The SMILES string of the molecule is [CH2]CC(N1CCCCC1)N(CCCC(C)C)CCC(C)C. The van der Waals surface area contributed by atoms with Gasteiger partial charge >= 0.3 is 0 Å². The lowest BCUT2D eigenvalue weighted by Gasteiger charge is -2.41. The molecule has 0 aromatic carbocycles. The molecule has 1 aliphatic rings. The topological polar surface area (TPSA) is 6.48 Å². The molecule has 21 heavy (non-hydrogen) atoms. The first-order valence-electron chi connectivity index (χ1n) is 9.32. The van der Waals surface area contributed by atoms with Crippen molar-refractivity contribution in [3.8, 4) is 0 Å². The molecule has 1 saturated heterocycles. The van der Waals surface area contributed by atoms with Crippen LogP contribution in [0.4, 0.5) is 0 Å². The molecule has 1 aliphatic heterocycles. The van der Waals surface area contributed by atoms with Crippen LogP contribution in [0.2, 0.25) is 0 Å². The molecule has 0 N–H and O–H groups in total.